The number of hydrogen-bond acceptors (Lipinski definition) is 2. The van der Waals surface area contributed by atoms with E-state index in [0.29, 0.717) is 5.76 Å². The van der Waals surface area contributed by atoms with E-state index in [4.69, 9.17) is 16.0 Å². The molecular formula is C16H28ClNO2. The monoisotopic (exact) mass is 301 g/mol. The van der Waals surface area contributed by atoms with Crippen LogP contribution in [0, 0.1) is 0 Å². The lowest BCUT2D eigenvalue weighted by Gasteiger charge is -2.02. The second-order valence-corrected chi connectivity index (χ2v) is 5.75. The van der Waals surface area contributed by atoms with Crippen LogP contribution in [0.25, 0.3) is 0 Å². The SMILES string of the molecule is CCCCCCCCCCCCc1[nH]c(=O)oc1CCl. The molecule has 0 aromatic carbocycles. The number of H-pyrrole nitrogens is 1. The molecule has 116 valence electrons. The summed E-state index contributed by atoms with van der Waals surface area (Å²) in [5.74, 6) is 0.488. The van der Waals surface area contributed by atoms with Gasteiger partial charge < -0.3 is 4.42 Å². The minimum atomic E-state index is -0.386. The highest BCUT2D eigenvalue weighted by molar-refractivity contribution is 6.16. The first-order valence-electron chi connectivity index (χ1n) is 8.04. The minimum Gasteiger partial charge on any atom is -0.411 e. The molecule has 0 saturated heterocycles. The van der Waals surface area contributed by atoms with Crippen LogP contribution in [0.4, 0.5) is 0 Å². The van der Waals surface area contributed by atoms with Gasteiger partial charge in [-0.3, -0.25) is 4.98 Å². The van der Waals surface area contributed by atoms with E-state index >= 15 is 0 Å². The van der Waals surface area contributed by atoms with Gasteiger partial charge in [-0.25, -0.2) is 4.79 Å². The molecule has 0 aliphatic carbocycles. The molecule has 1 N–H and O–H groups in total. The molecular weight excluding hydrogens is 274 g/mol. The zero-order chi connectivity index (χ0) is 14.6. The Kier molecular flexibility index (Phi) is 9.56. The van der Waals surface area contributed by atoms with E-state index in [1.165, 1.54) is 57.8 Å². The van der Waals surface area contributed by atoms with E-state index in [1.54, 1.807) is 0 Å². The van der Waals surface area contributed by atoms with E-state index < -0.39 is 0 Å². The van der Waals surface area contributed by atoms with Gasteiger partial charge in [-0.2, -0.15) is 0 Å². The molecule has 1 heterocycles. The molecule has 1 aromatic heterocycles. The predicted octanol–water partition coefficient (Wildman–Crippen LogP) is 5.17. The quantitative estimate of drug-likeness (QED) is 0.427. The van der Waals surface area contributed by atoms with Gasteiger partial charge in [-0.1, -0.05) is 64.7 Å². The lowest BCUT2D eigenvalue weighted by molar-refractivity contribution is 0.482. The molecule has 0 aliphatic rings. The van der Waals surface area contributed by atoms with Gasteiger partial charge in [0.15, 0.2) is 0 Å². The molecule has 0 unspecified atom stereocenters. The highest BCUT2D eigenvalue weighted by Crippen LogP contribution is 2.14. The van der Waals surface area contributed by atoms with Gasteiger partial charge in [0, 0.05) is 0 Å². The van der Waals surface area contributed by atoms with E-state index in [0.717, 1.165) is 18.5 Å². The summed E-state index contributed by atoms with van der Waals surface area (Å²) in [5, 5.41) is 0. The standard InChI is InChI=1S/C16H28ClNO2/c1-2-3-4-5-6-7-8-9-10-11-12-14-15(13-17)20-16(19)18-14/h2-13H2,1H3,(H,18,19). The van der Waals surface area contributed by atoms with Gasteiger partial charge in [-0.05, 0) is 12.8 Å². The van der Waals surface area contributed by atoms with Gasteiger partial charge in [0.05, 0.1) is 11.6 Å². The van der Waals surface area contributed by atoms with Gasteiger partial charge in [0.25, 0.3) is 0 Å². The average molecular weight is 302 g/mol. The topological polar surface area (TPSA) is 46.0 Å². The van der Waals surface area contributed by atoms with Crippen LogP contribution >= 0.6 is 11.6 Å². The van der Waals surface area contributed by atoms with Gasteiger partial charge in [0.1, 0.15) is 5.76 Å². The van der Waals surface area contributed by atoms with Crippen molar-refractivity contribution < 1.29 is 4.42 Å². The van der Waals surface area contributed by atoms with E-state index in [2.05, 4.69) is 11.9 Å². The zero-order valence-corrected chi connectivity index (χ0v) is 13.4. The number of alkyl halides is 1. The predicted molar refractivity (Wildman–Crippen MR) is 84.4 cm³/mol. The van der Waals surface area contributed by atoms with Crippen LogP contribution in [0.2, 0.25) is 0 Å². The second-order valence-electron chi connectivity index (χ2n) is 5.48. The fourth-order valence-electron chi connectivity index (χ4n) is 2.49. The Morgan fingerprint density at radius 2 is 1.50 bits per heavy atom. The second kappa shape index (κ2) is 11.0. The number of aryl methyl sites for hydroxylation is 1. The van der Waals surface area contributed by atoms with Crippen molar-refractivity contribution in [3.05, 3.63) is 22.0 Å². The Balaban J connectivity index is 1.98. The number of nitrogens with one attached hydrogen (secondary N) is 1. The van der Waals surface area contributed by atoms with Crippen LogP contribution in [-0.2, 0) is 12.3 Å². The largest absolute Gasteiger partial charge is 0.416 e. The van der Waals surface area contributed by atoms with Crippen molar-refractivity contribution in [1.82, 2.24) is 4.98 Å². The van der Waals surface area contributed by atoms with Crippen molar-refractivity contribution in [2.24, 2.45) is 0 Å². The number of hydrogen-bond donors (Lipinski definition) is 1. The lowest BCUT2D eigenvalue weighted by atomic mass is 10.1. The number of aromatic amines is 1. The zero-order valence-electron chi connectivity index (χ0n) is 12.7. The molecule has 0 radical (unpaired) electrons. The van der Waals surface area contributed by atoms with Crippen LogP contribution < -0.4 is 5.76 Å². The van der Waals surface area contributed by atoms with Gasteiger partial charge in [-0.15, -0.1) is 11.6 Å². The fraction of sp³-hybridized carbons (Fsp3) is 0.812. The molecule has 0 fully saturated rings. The Hall–Kier alpha value is -0.700. The van der Waals surface area contributed by atoms with Crippen LogP contribution in [-0.4, -0.2) is 4.98 Å². The molecule has 0 bridgehead atoms. The van der Waals surface area contributed by atoms with Crippen molar-refractivity contribution >= 4 is 11.6 Å². The molecule has 0 atom stereocenters. The molecule has 0 spiro atoms. The van der Waals surface area contributed by atoms with Crippen LogP contribution in [0.5, 0.6) is 0 Å². The Bertz CT molecular complexity index is 397. The lowest BCUT2D eigenvalue weighted by Crippen LogP contribution is -1.97. The van der Waals surface area contributed by atoms with E-state index in [9.17, 15) is 4.79 Å². The summed E-state index contributed by atoms with van der Waals surface area (Å²) in [6.45, 7) is 2.25. The number of rotatable bonds is 12. The van der Waals surface area contributed by atoms with Gasteiger partial charge >= 0.3 is 5.76 Å². The highest BCUT2D eigenvalue weighted by atomic mass is 35.5. The smallest absolute Gasteiger partial charge is 0.411 e. The summed E-state index contributed by atoms with van der Waals surface area (Å²) in [5.41, 5.74) is 0.879. The number of unbranched alkanes of at least 4 members (excludes halogenated alkanes) is 9. The molecule has 4 heteroatoms. The molecule has 1 rings (SSSR count). The van der Waals surface area contributed by atoms with Crippen molar-refractivity contribution in [2.45, 2.75) is 83.4 Å². The average Bonchev–Trinajstić information content (AvgIpc) is 2.81. The summed E-state index contributed by atoms with van der Waals surface area (Å²) >= 11 is 5.73. The summed E-state index contributed by atoms with van der Waals surface area (Å²) < 4.78 is 4.96. The van der Waals surface area contributed by atoms with Crippen LogP contribution in [0.3, 0.4) is 0 Å². The van der Waals surface area contributed by atoms with E-state index in [-0.39, 0.29) is 11.6 Å². The highest BCUT2D eigenvalue weighted by Gasteiger charge is 2.07. The number of aromatic nitrogens is 1. The molecule has 0 amide bonds. The third-order valence-electron chi connectivity index (χ3n) is 3.71. The molecule has 1 aromatic rings. The third kappa shape index (κ3) is 7.18. The maximum atomic E-state index is 11.1. The van der Waals surface area contributed by atoms with Crippen molar-refractivity contribution in [3.63, 3.8) is 0 Å². The third-order valence-corrected chi connectivity index (χ3v) is 3.95. The molecule has 0 aliphatic heterocycles. The summed E-state index contributed by atoms with van der Waals surface area (Å²) in [7, 11) is 0. The summed E-state index contributed by atoms with van der Waals surface area (Å²) in [4.78, 5) is 13.8. The Labute approximate surface area is 127 Å². The van der Waals surface area contributed by atoms with Crippen molar-refractivity contribution in [1.29, 1.82) is 0 Å². The first-order valence-corrected chi connectivity index (χ1v) is 8.58. The summed E-state index contributed by atoms with van der Waals surface area (Å²) in [6, 6.07) is 0. The number of oxazole rings is 1. The van der Waals surface area contributed by atoms with Crippen molar-refractivity contribution in [2.75, 3.05) is 0 Å². The number of halogens is 1. The first kappa shape index (κ1) is 17.4. The Morgan fingerprint density at radius 1 is 0.950 bits per heavy atom. The van der Waals surface area contributed by atoms with Crippen molar-refractivity contribution in [3.8, 4) is 0 Å². The maximum Gasteiger partial charge on any atom is 0.416 e. The summed E-state index contributed by atoms with van der Waals surface area (Å²) in [6.07, 6.45) is 14.0. The molecule has 0 saturated carbocycles. The molecule has 3 nitrogen and oxygen atoms in total. The fourth-order valence-corrected chi connectivity index (χ4v) is 2.71. The maximum absolute atomic E-state index is 11.1. The minimum absolute atomic E-state index is 0.270. The molecule has 20 heavy (non-hydrogen) atoms. The van der Waals surface area contributed by atoms with Crippen LogP contribution in [0.15, 0.2) is 9.21 Å². The Morgan fingerprint density at radius 3 is 2.05 bits per heavy atom. The normalized spacial score (nSPS) is 11.1. The van der Waals surface area contributed by atoms with Gasteiger partial charge in [0.2, 0.25) is 0 Å². The first-order chi connectivity index (χ1) is 9.77. The van der Waals surface area contributed by atoms with Crippen LogP contribution in [0.1, 0.15) is 82.6 Å². The van der Waals surface area contributed by atoms with E-state index in [1.807, 2.05) is 0 Å².